The Labute approximate surface area is 117 Å². The lowest BCUT2D eigenvalue weighted by atomic mass is 9.74. The summed E-state index contributed by atoms with van der Waals surface area (Å²) in [5, 5.41) is 13.2. The lowest BCUT2D eigenvalue weighted by molar-refractivity contribution is 0.0944. The van der Waals surface area contributed by atoms with E-state index in [4.69, 9.17) is 0 Å². The number of benzene rings is 1. The van der Waals surface area contributed by atoms with Crippen molar-refractivity contribution in [3.05, 3.63) is 23.7 Å². The molecule has 1 aliphatic rings. The van der Waals surface area contributed by atoms with Gasteiger partial charge in [-0.3, -0.25) is 0 Å². The van der Waals surface area contributed by atoms with Gasteiger partial charge in [0.05, 0.1) is 22.3 Å². The molecule has 0 saturated heterocycles. The quantitative estimate of drug-likeness (QED) is 0.896. The molecule has 0 aliphatic heterocycles. The maximum absolute atomic E-state index is 9.71. The Morgan fingerprint density at radius 1 is 1.26 bits per heavy atom. The van der Waals surface area contributed by atoms with Gasteiger partial charge in [-0.2, -0.15) is 0 Å². The Kier molecular flexibility index (Phi) is 3.71. The van der Waals surface area contributed by atoms with Gasteiger partial charge in [0, 0.05) is 17.6 Å². The van der Waals surface area contributed by atoms with E-state index in [1.807, 2.05) is 5.51 Å². The second-order valence-corrected chi connectivity index (χ2v) is 6.49. The van der Waals surface area contributed by atoms with Crippen LogP contribution in [0.1, 0.15) is 32.1 Å². The number of nitrogens with one attached hydrogen (secondary N) is 1. The van der Waals surface area contributed by atoms with Crippen molar-refractivity contribution >= 4 is 27.2 Å². The van der Waals surface area contributed by atoms with Crippen LogP contribution in [-0.2, 0) is 0 Å². The smallest absolute Gasteiger partial charge is 0.0813 e. The van der Waals surface area contributed by atoms with E-state index in [9.17, 15) is 5.11 Å². The highest BCUT2D eigenvalue weighted by molar-refractivity contribution is 7.16. The minimum absolute atomic E-state index is 0.0842. The summed E-state index contributed by atoms with van der Waals surface area (Å²) in [5.74, 6) is 0. The predicted molar refractivity (Wildman–Crippen MR) is 80.7 cm³/mol. The monoisotopic (exact) mass is 276 g/mol. The third kappa shape index (κ3) is 2.74. The first-order valence-electron chi connectivity index (χ1n) is 6.99. The van der Waals surface area contributed by atoms with Gasteiger partial charge in [-0.25, -0.2) is 4.98 Å². The third-order valence-electron chi connectivity index (χ3n) is 4.25. The summed E-state index contributed by atoms with van der Waals surface area (Å²) in [6, 6.07) is 6.29. The maximum Gasteiger partial charge on any atom is 0.0813 e. The first-order valence-corrected chi connectivity index (χ1v) is 7.87. The molecule has 1 heterocycles. The molecule has 0 unspecified atom stereocenters. The van der Waals surface area contributed by atoms with Crippen LogP contribution in [0.5, 0.6) is 0 Å². The van der Waals surface area contributed by atoms with E-state index >= 15 is 0 Å². The van der Waals surface area contributed by atoms with Gasteiger partial charge in [-0.1, -0.05) is 19.3 Å². The molecule has 2 aromatic rings. The van der Waals surface area contributed by atoms with Crippen molar-refractivity contribution in [1.29, 1.82) is 0 Å². The summed E-state index contributed by atoms with van der Waals surface area (Å²) in [5.41, 5.74) is 4.16. The second-order valence-electron chi connectivity index (χ2n) is 5.61. The number of aromatic nitrogens is 1. The number of anilines is 1. The van der Waals surface area contributed by atoms with E-state index in [0.29, 0.717) is 6.61 Å². The number of hydrogen-bond acceptors (Lipinski definition) is 4. The van der Waals surface area contributed by atoms with Gasteiger partial charge in [0.25, 0.3) is 0 Å². The van der Waals surface area contributed by atoms with E-state index in [1.54, 1.807) is 11.3 Å². The molecular weight excluding hydrogens is 256 g/mol. The van der Waals surface area contributed by atoms with Crippen LogP contribution in [0.3, 0.4) is 0 Å². The molecule has 1 aliphatic carbocycles. The predicted octanol–water partition coefficient (Wildman–Crippen LogP) is 3.65. The minimum Gasteiger partial charge on any atom is -0.396 e. The van der Waals surface area contributed by atoms with Crippen molar-refractivity contribution in [1.82, 2.24) is 4.98 Å². The Balaban J connectivity index is 1.70. The van der Waals surface area contributed by atoms with Gasteiger partial charge in [-0.05, 0) is 31.0 Å². The average molecular weight is 276 g/mol. The molecule has 0 spiro atoms. The van der Waals surface area contributed by atoms with E-state index in [1.165, 1.54) is 24.0 Å². The molecule has 0 amide bonds. The zero-order chi connectivity index (χ0) is 13.1. The first kappa shape index (κ1) is 12.9. The van der Waals surface area contributed by atoms with Crippen molar-refractivity contribution in [3.63, 3.8) is 0 Å². The summed E-state index contributed by atoms with van der Waals surface area (Å²) in [6.45, 7) is 1.16. The number of aliphatic hydroxyl groups is 1. The molecule has 102 valence electrons. The number of aliphatic hydroxyl groups excluding tert-OH is 1. The summed E-state index contributed by atoms with van der Waals surface area (Å²) < 4.78 is 1.21. The van der Waals surface area contributed by atoms with Crippen molar-refractivity contribution in [2.45, 2.75) is 32.1 Å². The largest absolute Gasteiger partial charge is 0.396 e. The molecular formula is C15H20N2OS. The number of fused-ring (bicyclic) bond motifs is 1. The van der Waals surface area contributed by atoms with Crippen LogP contribution in [0.15, 0.2) is 23.7 Å². The zero-order valence-corrected chi connectivity index (χ0v) is 11.9. The molecule has 1 fully saturated rings. The van der Waals surface area contributed by atoms with E-state index in [2.05, 4.69) is 28.5 Å². The Hall–Kier alpha value is -1.13. The molecule has 0 radical (unpaired) electrons. The van der Waals surface area contributed by atoms with Gasteiger partial charge >= 0.3 is 0 Å². The van der Waals surface area contributed by atoms with Gasteiger partial charge in [0.2, 0.25) is 0 Å². The van der Waals surface area contributed by atoms with Gasteiger partial charge in [0.15, 0.2) is 0 Å². The number of rotatable bonds is 4. The fourth-order valence-corrected chi connectivity index (χ4v) is 3.66. The van der Waals surface area contributed by atoms with Crippen LogP contribution < -0.4 is 5.32 Å². The van der Waals surface area contributed by atoms with E-state index in [-0.39, 0.29) is 5.41 Å². The van der Waals surface area contributed by atoms with E-state index < -0.39 is 0 Å². The minimum atomic E-state index is 0.0842. The van der Waals surface area contributed by atoms with Crippen LogP contribution in [0, 0.1) is 5.41 Å². The average Bonchev–Trinajstić information content (AvgIpc) is 2.93. The number of nitrogens with zero attached hydrogens (tertiary/aromatic N) is 1. The van der Waals surface area contributed by atoms with Crippen molar-refractivity contribution in [2.75, 3.05) is 18.5 Å². The maximum atomic E-state index is 9.71. The fraction of sp³-hybridized carbons (Fsp3) is 0.533. The lowest BCUT2D eigenvalue weighted by Crippen LogP contribution is -2.35. The van der Waals surface area contributed by atoms with E-state index in [0.717, 1.165) is 30.6 Å². The summed E-state index contributed by atoms with van der Waals surface area (Å²) in [4.78, 5) is 4.29. The summed E-state index contributed by atoms with van der Waals surface area (Å²) >= 11 is 1.67. The highest BCUT2D eigenvalue weighted by atomic mass is 32.1. The summed E-state index contributed by atoms with van der Waals surface area (Å²) in [7, 11) is 0. The molecule has 3 nitrogen and oxygen atoms in total. The highest BCUT2D eigenvalue weighted by Crippen LogP contribution is 2.36. The van der Waals surface area contributed by atoms with Gasteiger partial charge < -0.3 is 10.4 Å². The summed E-state index contributed by atoms with van der Waals surface area (Å²) in [6.07, 6.45) is 6.08. The lowest BCUT2D eigenvalue weighted by Gasteiger charge is -2.36. The molecule has 1 saturated carbocycles. The van der Waals surface area contributed by atoms with Gasteiger partial charge in [0.1, 0.15) is 0 Å². The molecule has 1 aromatic carbocycles. The van der Waals surface area contributed by atoms with Crippen LogP contribution >= 0.6 is 11.3 Å². The molecule has 2 N–H and O–H groups in total. The number of hydrogen-bond donors (Lipinski definition) is 2. The van der Waals surface area contributed by atoms with Crippen LogP contribution in [0.2, 0.25) is 0 Å². The Bertz CT molecular complexity index is 546. The van der Waals surface area contributed by atoms with Crippen molar-refractivity contribution in [2.24, 2.45) is 5.41 Å². The standard InChI is InChI=1S/C15H20N2OS/c18-10-15(6-2-1-3-7-15)9-16-12-4-5-13-14(8-12)19-11-17-13/h4-5,8,11,16,18H,1-3,6-7,9-10H2. The molecule has 4 heteroatoms. The normalized spacial score (nSPS) is 18.6. The topological polar surface area (TPSA) is 45.1 Å². The zero-order valence-electron chi connectivity index (χ0n) is 11.1. The van der Waals surface area contributed by atoms with Gasteiger partial charge in [-0.15, -0.1) is 11.3 Å². The molecule has 0 bridgehead atoms. The van der Waals surface area contributed by atoms with Crippen molar-refractivity contribution in [3.8, 4) is 0 Å². The highest BCUT2D eigenvalue weighted by Gasteiger charge is 2.31. The number of thiazole rings is 1. The molecule has 3 rings (SSSR count). The second kappa shape index (κ2) is 5.47. The molecule has 19 heavy (non-hydrogen) atoms. The third-order valence-corrected chi connectivity index (χ3v) is 5.04. The fourth-order valence-electron chi connectivity index (χ4n) is 2.95. The Morgan fingerprint density at radius 2 is 2.11 bits per heavy atom. The first-order chi connectivity index (χ1) is 9.31. The van der Waals surface area contributed by atoms with Crippen molar-refractivity contribution < 1.29 is 5.11 Å². The van der Waals surface area contributed by atoms with Crippen LogP contribution in [-0.4, -0.2) is 23.2 Å². The molecule has 0 atom stereocenters. The molecule has 1 aromatic heterocycles. The van der Waals surface area contributed by atoms with Crippen LogP contribution in [0.4, 0.5) is 5.69 Å². The van der Waals surface area contributed by atoms with Crippen LogP contribution in [0.25, 0.3) is 10.2 Å². The Morgan fingerprint density at radius 3 is 2.89 bits per heavy atom. The SMILES string of the molecule is OCC1(CNc2ccc3ncsc3c2)CCCCC1.